The summed E-state index contributed by atoms with van der Waals surface area (Å²) in [6.07, 6.45) is 27.4. The number of para-hydroxylation sites is 1. The van der Waals surface area contributed by atoms with E-state index in [0.717, 1.165) is 35.6 Å². The Morgan fingerprint density at radius 1 is 0.621 bits per heavy atom. The normalized spacial score (nSPS) is 13.4. The van der Waals surface area contributed by atoms with Crippen LogP contribution in [0.2, 0.25) is 0 Å². The Hall–Kier alpha value is -7.16. The molecule has 2 heteroatoms. The lowest BCUT2D eigenvalue weighted by Crippen LogP contribution is -2.15. The van der Waals surface area contributed by atoms with Crippen LogP contribution < -0.4 is 4.90 Å². The smallest absolute Gasteiger partial charge is 0.0547 e. The van der Waals surface area contributed by atoms with Gasteiger partial charge < -0.3 is 9.47 Å². The van der Waals surface area contributed by atoms with E-state index in [0.29, 0.717) is 0 Å². The van der Waals surface area contributed by atoms with E-state index in [9.17, 15) is 0 Å². The molecule has 6 aromatic carbocycles. The summed E-state index contributed by atoms with van der Waals surface area (Å²) in [5.41, 5.74) is 15.3. The van der Waals surface area contributed by atoms with E-state index in [1.807, 2.05) is 26.0 Å². The summed E-state index contributed by atoms with van der Waals surface area (Å²) in [5.74, 6) is 0. The fraction of sp³-hybridized carbons (Fsp3) is 0.0714. The van der Waals surface area contributed by atoms with Crippen LogP contribution in [0.15, 0.2) is 225 Å². The summed E-state index contributed by atoms with van der Waals surface area (Å²) in [5, 5.41) is 2.47. The lowest BCUT2D eigenvalue weighted by Gasteiger charge is -2.26. The summed E-state index contributed by atoms with van der Waals surface area (Å²) in [6.45, 7) is 8.26. The first-order chi connectivity index (χ1) is 28.6. The highest BCUT2D eigenvalue weighted by atomic mass is 15.1. The van der Waals surface area contributed by atoms with Crippen molar-refractivity contribution in [2.45, 2.75) is 26.7 Å². The first kappa shape index (κ1) is 37.7. The SMILES string of the molecule is C=C/C(=C\C=C/C)n1c2ccccc2c2ccc(C3=CC=C(N(c4ccc(Cc5ccccc5)cc4)c4ccc(-c5cccc(/C=C/C=C\C)c5)cc4)C=CC3)cc21. The lowest BCUT2D eigenvalue weighted by atomic mass is 10.0. The van der Waals surface area contributed by atoms with Crippen molar-refractivity contribution in [3.63, 3.8) is 0 Å². The van der Waals surface area contributed by atoms with Gasteiger partial charge in [-0.15, -0.1) is 0 Å². The van der Waals surface area contributed by atoms with Gasteiger partial charge >= 0.3 is 0 Å². The third kappa shape index (κ3) is 8.19. The molecule has 1 heterocycles. The number of nitrogens with zero attached hydrogens (tertiary/aromatic N) is 2. The van der Waals surface area contributed by atoms with Crippen molar-refractivity contribution < 1.29 is 0 Å². The van der Waals surface area contributed by atoms with E-state index in [1.54, 1.807) is 0 Å². The van der Waals surface area contributed by atoms with Crippen molar-refractivity contribution >= 4 is 50.5 Å². The van der Waals surface area contributed by atoms with Crippen molar-refractivity contribution in [1.82, 2.24) is 4.57 Å². The maximum absolute atomic E-state index is 4.18. The Morgan fingerprint density at radius 2 is 1.33 bits per heavy atom. The maximum atomic E-state index is 4.18. The van der Waals surface area contributed by atoms with E-state index < -0.39 is 0 Å². The minimum absolute atomic E-state index is 0.816. The van der Waals surface area contributed by atoms with E-state index in [-0.39, 0.29) is 0 Å². The molecule has 1 aromatic heterocycles. The highest BCUT2D eigenvalue weighted by molar-refractivity contribution is 6.11. The van der Waals surface area contributed by atoms with Gasteiger partial charge in [0.25, 0.3) is 0 Å². The molecule has 0 atom stereocenters. The van der Waals surface area contributed by atoms with E-state index >= 15 is 0 Å². The van der Waals surface area contributed by atoms with Gasteiger partial charge in [0.2, 0.25) is 0 Å². The number of rotatable bonds is 12. The molecule has 0 amide bonds. The van der Waals surface area contributed by atoms with Gasteiger partial charge in [-0.3, -0.25) is 0 Å². The summed E-state index contributed by atoms with van der Waals surface area (Å²) < 4.78 is 2.33. The van der Waals surface area contributed by atoms with Crippen LogP contribution >= 0.6 is 0 Å². The predicted octanol–water partition coefficient (Wildman–Crippen LogP) is 15.3. The molecule has 7 aromatic rings. The van der Waals surface area contributed by atoms with Crippen LogP contribution in [0.4, 0.5) is 11.4 Å². The number of allylic oxidation sites excluding steroid dienone is 13. The lowest BCUT2D eigenvalue weighted by molar-refractivity contribution is 1.17. The van der Waals surface area contributed by atoms with Crippen LogP contribution in [-0.2, 0) is 6.42 Å². The average molecular weight is 749 g/mol. The number of benzene rings is 6. The molecule has 0 saturated heterocycles. The highest BCUT2D eigenvalue weighted by Gasteiger charge is 2.17. The summed E-state index contributed by atoms with van der Waals surface area (Å²) in [6, 6.07) is 52.9. The van der Waals surface area contributed by atoms with Gasteiger partial charge in [0.15, 0.2) is 0 Å². The first-order valence-corrected chi connectivity index (χ1v) is 20.1. The largest absolute Gasteiger partial charge is 0.311 e. The Kier molecular flexibility index (Phi) is 11.6. The minimum atomic E-state index is 0.816. The second-order valence-electron chi connectivity index (χ2n) is 14.5. The van der Waals surface area contributed by atoms with E-state index in [4.69, 9.17) is 0 Å². The van der Waals surface area contributed by atoms with Crippen molar-refractivity contribution in [2.75, 3.05) is 4.90 Å². The fourth-order valence-electron chi connectivity index (χ4n) is 7.80. The van der Waals surface area contributed by atoms with Crippen molar-refractivity contribution in [3.8, 4) is 11.1 Å². The van der Waals surface area contributed by atoms with E-state index in [1.165, 1.54) is 60.8 Å². The highest BCUT2D eigenvalue weighted by Crippen LogP contribution is 2.37. The van der Waals surface area contributed by atoms with Crippen LogP contribution in [0.5, 0.6) is 0 Å². The molecule has 8 rings (SSSR count). The maximum Gasteiger partial charge on any atom is 0.0547 e. The molecule has 58 heavy (non-hydrogen) atoms. The van der Waals surface area contributed by atoms with Crippen LogP contribution in [0.1, 0.15) is 42.5 Å². The molecule has 2 nitrogen and oxygen atoms in total. The van der Waals surface area contributed by atoms with Crippen molar-refractivity contribution in [1.29, 1.82) is 0 Å². The predicted molar refractivity (Wildman–Crippen MR) is 252 cm³/mol. The number of hydrogen-bond acceptors (Lipinski definition) is 1. The Bertz CT molecular complexity index is 2780. The van der Waals surface area contributed by atoms with Gasteiger partial charge in [0.05, 0.1) is 11.0 Å². The Morgan fingerprint density at radius 3 is 2.10 bits per heavy atom. The zero-order valence-corrected chi connectivity index (χ0v) is 33.3. The zero-order chi connectivity index (χ0) is 39.7. The summed E-state index contributed by atoms with van der Waals surface area (Å²) in [7, 11) is 0. The van der Waals surface area contributed by atoms with Gasteiger partial charge in [-0.2, -0.15) is 0 Å². The average Bonchev–Trinajstić information content (AvgIpc) is 3.40. The summed E-state index contributed by atoms with van der Waals surface area (Å²) >= 11 is 0. The first-order valence-electron chi connectivity index (χ1n) is 20.1. The van der Waals surface area contributed by atoms with Crippen LogP contribution in [-0.4, -0.2) is 4.57 Å². The molecule has 0 fully saturated rings. The molecule has 0 unspecified atom stereocenters. The molecule has 0 aliphatic heterocycles. The minimum Gasteiger partial charge on any atom is -0.311 e. The van der Waals surface area contributed by atoms with Gasteiger partial charge in [-0.1, -0.05) is 158 Å². The second kappa shape index (κ2) is 17.7. The topological polar surface area (TPSA) is 8.17 Å². The number of fused-ring (bicyclic) bond motifs is 3. The second-order valence-corrected chi connectivity index (χ2v) is 14.5. The monoisotopic (exact) mass is 748 g/mol. The molecule has 1 aliphatic carbocycles. The van der Waals surface area contributed by atoms with E-state index in [2.05, 4.69) is 222 Å². The third-order valence-electron chi connectivity index (χ3n) is 10.7. The molecular weight excluding hydrogens is 701 g/mol. The molecular formula is C56H48N2. The molecule has 0 bridgehead atoms. The molecule has 0 saturated carbocycles. The fourth-order valence-corrected chi connectivity index (χ4v) is 7.80. The van der Waals surface area contributed by atoms with Gasteiger partial charge in [0, 0.05) is 33.5 Å². The van der Waals surface area contributed by atoms with Crippen LogP contribution in [0, 0.1) is 0 Å². The van der Waals surface area contributed by atoms with Crippen molar-refractivity contribution in [2.24, 2.45) is 0 Å². The summed E-state index contributed by atoms with van der Waals surface area (Å²) in [4.78, 5) is 2.37. The zero-order valence-electron chi connectivity index (χ0n) is 33.3. The number of aromatic nitrogens is 1. The van der Waals surface area contributed by atoms with Gasteiger partial charge in [-0.05, 0) is 132 Å². The quantitative estimate of drug-likeness (QED) is 0.113. The van der Waals surface area contributed by atoms with Gasteiger partial charge in [0.1, 0.15) is 0 Å². The van der Waals surface area contributed by atoms with Crippen LogP contribution in [0.3, 0.4) is 0 Å². The Balaban J connectivity index is 1.18. The van der Waals surface area contributed by atoms with Crippen LogP contribution in [0.25, 0.3) is 50.3 Å². The third-order valence-corrected chi connectivity index (χ3v) is 10.7. The van der Waals surface area contributed by atoms with Gasteiger partial charge in [-0.25, -0.2) is 0 Å². The molecule has 0 N–H and O–H groups in total. The molecule has 0 spiro atoms. The number of anilines is 2. The van der Waals surface area contributed by atoms with Crippen molar-refractivity contribution in [3.05, 3.63) is 247 Å². The molecule has 0 radical (unpaired) electrons. The number of hydrogen-bond donors (Lipinski definition) is 0. The molecule has 282 valence electrons. The Labute approximate surface area is 343 Å². The standard InChI is InChI=1S/C56H48N2/c1-4-7-10-17-43-20-15-22-47(40-43)46-30-36-52(37-31-46)57(51-33-27-44(28-34-51)39-42-18-11-9-12-19-42)50-24-16-21-45(29-35-50)48-32-38-54-53-25-13-14-26-55(53)58(56(54)41-48)49(6-3)23-8-5-2/h4-20,22-38,40-41H,3,21,39H2,1-2H3/b7-4-,8-5-,17-10+,49-23+. The molecule has 1 aliphatic rings.